The van der Waals surface area contributed by atoms with Gasteiger partial charge < -0.3 is 9.80 Å². The SMILES string of the molecule is CCN(CC)Cc1ccc(C(=O)N2CCN(c3ncccn3)CC2)cc1. The van der Waals surface area contributed by atoms with E-state index >= 15 is 0 Å². The fraction of sp³-hybridized carbons (Fsp3) is 0.450. The molecule has 1 saturated heterocycles. The van der Waals surface area contributed by atoms with Crippen LogP contribution in [-0.2, 0) is 6.54 Å². The third kappa shape index (κ3) is 4.38. The standard InChI is InChI=1S/C20H27N5O/c1-3-23(4-2)16-17-6-8-18(9-7-17)19(26)24-12-14-25(15-13-24)20-21-10-5-11-22-20/h5-11H,3-4,12-16H2,1-2H3. The maximum atomic E-state index is 12.8. The lowest BCUT2D eigenvalue weighted by molar-refractivity contribution is 0.0746. The summed E-state index contributed by atoms with van der Waals surface area (Å²) < 4.78 is 0. The van der Waals surface area contributed by atoms with Gasteiger partial charge in [0.25, 0.3) is 5.91 Å². The van der Waals surface area contributed by atoms with Crippen molar-refractivity contribution in [3.63, 3.8) is 0 Å². The summed E-state index contributed by atoms with van der Waals surface area (Å²) >= 11 is 0. The number of hydrogen-bond acceptors (Lipinski definition) is 5. The molecule has 1 amide bonds. The number of benzene rings is 1. The fourth-order valence-electron chi connectivity index (χ4n) is 3.20. The molecule has 0 aliphatic carbocycles. The zero-order valence-electron chi connectivity index (χ0n) is 15.6. The number of anilines is 1. The first kappa shape index (κ1) is 18.3. The average molecular weight is 353 g/mol. The molecule has 138 valence electrons. The summed E-state index contributed by atoms with van der Waals surface area (Å²) in [5.41, 5.74) is 2.01. The minimum absolute atomic E-state index is 0.105. The fourth-order valence-corrected chi connectivity index (χ4v) is 3.20. The molecule has 3 rings (SSSR count). The number of rotatable bonds is 6. The van der Waals surface area contributed by atoms with Crippen molar-refractivity contribution in [3.05, 3.63) is 53.9 Å². The van der Waals surface area contributed by atoms with Crippen LogP contribution in [0.5, 0.6) is 0 Å². The van der Waals surface area contributed by atoms with Crippen molar-refractivity contribution in [2.45, 2.75) is 20.4 Å². The van der Waals surface area contributed by atoms with E-state index < -0.39 is 0 Å². The average Bonchev–Trinajstić information content (AvgIpc) is 2.72. The van der Waals surface area contributed by atoms with Crippen LogP contribution in [0.25, 0.3) is 0 Å². The van der Waals surface area contributed by atoms with Crippen LogP contribution in [0.15, 0.2) is 42.7 Å². The van der Waals surface area contributed by atoms with E-state index in [9.17, 15) is 4.79 Å². The molecule has 0 N–H and O–H groups in total. The van der Waals surface area contributed by atoms with Gasteiger partial charge in [-0.2, -0.15) is 0 Å². The van der Waals surface area contributed by atoms with Crippen molar-refractivity contribution >= 4 is 11.9 Å². The summed E-state index contributed by atoms with van der Waals surface area (Å²) in [4.78, 5) is 27.7. The zero-order valence-corrected chi connectivity index (χ0v) is 15.6. The molecule has 26 heavy (non-hydrogen) atoms. The Hall–Kier alpha value is -2.47. The van der Waals surface area contributed by atoms with Gasteiger partial charge in [0.1, 0.15) is 0 Å². The van der Waals surface area contributed by atoms with Gasteiger partial charge in [-0.1, -0.05) is 26.0 Å². The summed E-state index contributed by atoms with van der Waals surface area (Å²) in [6, 6.07) is 9.86. The lowest BCUT2D eigenvalue weighted by atomic mass is 10.1. The highest BCUT2D eigenvalue weighted by Gasteiger charge is 2.23. The lowest BCUT2D eigenvalue weighted by Gasteiger charge is -2.34. The van der Waals surface area contributed by atoms with Crippen molar-refractivity contribution in [2.24, 2.45) is 0 Å². The maximum absolute atomic E-state index is 12.8. The predicted octanol–water partition coefficient (Wildman–Crippen LogP) is 2.28. The van der Waals surface area contributed by atoms with Crippen LogP contribution in [0.3, 0.4) is 0 Å². The molecule has 2 heterocycles. The highest BCUT2D eigenvalue weighted by Crippen LogP contribution is 2.14. The molecular formula is C20H27N5O. The molecule has 1 aromatic heterocycles. The Kier molecular flexibility index (Phi) is 6.17. The molecule has 6 heteroatoms. The number of nitrogens with zero attached hydrogens (tertiary/aromatic N) is 5. The van der Waals surface area contributed by atoms with Crippen molar-refractivity contribution in [2.75, 3.05) is 44.2 Å². The number of carbonyl (C=O) groups is 1. The van der Waals surface area contributed by atoms with Crippen LogP contribution in [0.4, 0.5) is 5.95 Å². The molecule has 6 nitrogen and oxygen atoms in total. The van der Waals surface area contributed by atoms with Gasteiger partial charge in [-0.3, -0.25) is 9.69 Å². The van der Waals surface area contributed by atoms with Gasteiger partial charge in [-0.05, 0) is 36.9 Å². The van der Waals surface area contributed by atoms with Gasteiger partial charge in [0.05, 0.1) is 0 Å². The van der Waals surface area contributed by atoms with Crippen LogP contribution in [0.2, 0.25) is 0 Å². The number of amides is 1. The Labute approximate surface area is 155 Å². The Balaban J connectivity index is 1.56. The Morgan fingerprint density at radius 2 is 1.62 bits per heavy atom. The molecule has 0 radical (unpaired) electrons. The highest BCUT2D eigenvalue weighted by molar-refractivity contribution is 5.94. The molecule has 1 aliphatic rings. The number of hydrogen-bond donors (Lipinski definition) is 0. The van der Waals surface area contributed by atoms with Gasteiger partial charge in [-0.25, -0.2) is 9.97 Å². The first-order chi connectivity index (χ1) is 12.7. The third-order valence-electron chi connectivity index (χ3n) is 4.90. The summed E-state index contributed by atoms with van der Waals surface area (Å²) in [5, 5.41) is 0. The molecule has 0 atom stereocenters. The monoisotopic (exact) mass is 353 g/mol. The quantitative estimate of drug-likeness (QED) is 0.797. The van der Waals surface area contributed by atoms with Crippen LogP contribution in [0.1, 0.15) is 29.8 Å². The van der Waals surface area contributed by atoms with E-state index in [4.69, 9.17) is 0 Å². The second-order valence-electron chi connectivity index (χ2n) is 6.49. The molecule has 1 aliphatic heterocycles. The van der Waals surface area contributed by atoms with Crippen molar-refractivity contribution in [1.82, 2.24) is 19.8 Å². The number of aromatic nitrogens is 2. The summed E-state index contributed by atoms with van der Waals surface area (Å²) in [5.74, 6) is 0.841. The minimum Gasteiger partial charge on any atom is -0.337 e. The summed E-state index contributed by atoms with van der Waals surface area (Å²) in [6.07, 6.45) is 3.50. The Morgan fingerprint density at radius 3 is 2.19 bits per heavy atom. The van der Waals surface area contributed by atoms with Crippen LogP contribution < -0.4 is 4.90 Å². The molecule has 2 aromatic rings. The van der Waals surface area contributed by atoms with Crippen LogP contribution >= 0.6 is 0 Å². The van der Waals surface area contributed by atoms with Gasteiger partial charge in [0.2, 0.25) is 5.95 Å². The predicted molar refractivity (Wildman–Crippen MR) is 103 cm³/mol. The van der Waals surface area contributed by atoms with E-state index in [1.54, 1.807) is 12.4 Å². The lowest BCUT2D eigenvalue weighted by Crippen LogP contribution is -2.49. The molecule has 0 saturated carbocycles. The Morgan fingerprint density at radius 1 is 1.00 bits per heavy atom. The smallest absolute Gasteiger partial charge is 0.253 e. The summed E-state index contributed by atoms with van der Waals surface area (Å²) in [6.45, 7) is 10.2. The van der Waals surface area contributed by atoms with Crippen molar-refractivity contribution < 1.29 is 4.79 Å². The zero-order chi connectivity index (χ0) is 18.4. The molecule has 1 fully saturated rings. The maximum Gasteiger partial charge on any atom is 0.253 e. The van der Waals surface area contributed by atoms with Gasteiger partial charge in [-0.15, -0.1) is 0 Å². The summed E-state index contributed by atoms with van der Waals surface area (Å²) in [7, 11) is 0. The molecule has 0 bridgehead atoms. The van der Waals surface area contributed by atoms with E-state index in [1.807, 2.05) is 23.1 Å². The first-order valence-corrected chi connectivity index (χ1v) is 9.33. The van der Waals surface area contributed by atoms with Gasteiger partial charge in [0, 0.05) is 50.7 Å². The highest BCUT2D eigenvalue weighted by atomic mass is 16.2. The topological polar surface area (TPSA) is 52.6 Å². The van der Waals surface area contributed by atoms with E-state index in [0.29, 0.717) is 13.1 Å². The van der Waals surface area contributed by atoms with Gasteiger partial charge in [0.15, 0.2) is 0 Å². The Bertz CT molecular complexity index is 692. The molecule has 1 aromatic carbocycles. The molecular weight excluding hydrogens is 326 g/mol. The van der Waals surface area contributed by atoms with Crippen molar-refractivity contribution in [1.29, 1.82) is 0 Å². The van der Waals surface area contributed by atoms with Crippen molar-refractivity contribution in [3.8, 4) is 0 Å². The van der Waals surface area contributed by atoms with E-state index in [0.717, 1.165) is 44.2 Å². The normalized spacial score (nSPS) is 14.7. The molecule has 0 unspecified atom stereocenters. The minimum atomic E-state index is 0.105. The van der Waals surface area contributed by atoms with Crippen LogP contribution in [0, 0.1) is 0 Å². The van der Waals surface area contributed by atoms with E-state index in [2.05, 4.69) is 45.7 Å². The largest absolute Gasteiger partial charge is 0.337 e. The second kappa shape index (κ2) is 8.76. The number of piperazine rings is 1. The van der Waals surface area contributed by atoms with E-state index in [1.165, 1.54) is 5.56 Å². The van der Waals surface area contributed by atoms with Crippen LogP contribution in [-0.4, -0.2) is 64.9 Å². The third-order valence-corrected chi connectivity index (χ3v) is 4.90. The first-order valence-electron chi connectivity index (χ1n) is 9.33. The molecule has 0 spiro atoms. The van der Waals surface area contributed by atoms with E-state index in [-0.39, 0.29) is 5.91 Å². The van der Waals surface area contributed by atoms with Gasteiger partial charge >= 0.3 is 0 Å². The second-order valence-corrected chi connectivity index (χ2v) is 6.49. The number of carbonyl (C=O) groups excluding carboxylic acids is 1.